The van der Waals surface area contributed by atoms with Crippen LogP contribution in [0.2, 0.25) is 0 Å². The first kappa shape index (κ1) is 31.3. The number of amides is 1. The third-order valence-corrected chi connectivity index (χ3v) is 8.98. The summed E-state index contributed by atoms with van der Waals surface area (Å²) < 4.78 is 18.2. The quantitative estimate of drug-likeness (QED) is 0.0691. The van der Waals surface area contributed by atoms with Crippen LogP contribution in [0.1, 0.15) is 79.6 Å². The summed E-state index contributed by atoms with van der Waals surface area (Å²) in [4.78, 5) is 40.6. The van der Waals surface area contributed by atoms with Crippen LogP contribution < -0.4 is 16.5 Å². The van der Waals surface area contributed by atoms with Gasteiger partial charge in [-0.15, -0.1) is 0 Å². The fourth-order valence-corrected chi connectivity index (χ4v) is 6.70. The van der Waals surface area contributed by atoms with Gasteiger partial charge in [0, 0.05) is 32.4 Å². The van der Waals surface area contributed by atoms with E-state index in [0.29, 0.717) is 37.7 Å². The molecule has 0 radical (unpaired) electrons. The van der Waals surface area contributed by atoms with Crippen molar-refractivity contribution in [2.24, 2.45) is 39.8 Å². The van der Waals surface area contributed by atoms with Gasteiger partial charge < -0.3 is 25.1 Å². The molecule has 3 aliphatic carbocycles. The highest BCUT2D eigenvalue weighted by atomic mass is 16.7. The summed E-state index contributed by atoms with van der Waals surface area (Å²) in [6, 6.07) is 0. The molecule has 0 aromatic rings. The second kappa shape index (κ2) is 12.9. The first-order valence-corrected chi connectivity index (χ1v) is 14.1. The van der Waals surface area contributed by atoms with Crippen LogP contribution in [0.4, 0.5) is 0 Å². The largest absolute Gasteiger partial charge is 0.481 e. The monoisotopic (exact) mass is 551 g/mol. The Balaban J connectivity index is 1.68. The molecule has 0 aromatic heterocycles. The third kappa shape index (κ3) is 7.49. The van der Waals surface area contributed by atoms with Crippen LogP contribution in [0.3, 0.4) is 0 Å². The molecular weight excluding hydrogens is 505 g/mol. The summed E-state index contributed by atoms with van der Waals surface area (Å²) in [7, 11) is 0.976. The average Bonchev–Trinajstić information content (AvgIpc) is 3.20. The zero-order valence-electron chi connectivity index (χ0n) is 24.2. The van der Waals surface area contributed by atoms with Crippen molar-refractivity contribution in [1.82, 2.24) is 10.7 Å². The Kier molecular flexibility index (Phi) is 10.4. The van der Waals surface area contributed by atoms with Gasteiger partial charge in [0.1, 0.15) is 5.78 Å². The molecule has 4 N–H and O–H groups in total. The molecule has 1 heterocycles. The van der Waals surface area contributed by atoms with E-state index >= 15 is 0 Å². The molecule has 220 valence electrons. The molecule has 3 saturated carbocycles. The Labute approximate surface area is 231 Å². The number of carbonyl (C=O) groups excluding carboxylic acids is 2. The van der Waals surface area contributed by atoms with Crippen molar-refractivity contribution in [3.05, 3.63) is 10.1 Å². The predicted octanol–water partition coefficient (Wildman–Crippen LogP) is 2.27. The van der Waals surface area contributed by atoms with E-state index in [4.69, 9.17) is 19.8 Å². The summed E-state index contributed by atoms with van der Waals surface area (Å²) in [5, 5.41) is 12.9. The van der Waals surface area contributed by atoms with E-state index < -0.39 is 18.1 Å². The van der Waals surface area contributed by atoms with E-state index in [0.717, 1.165) is 12.8 Å². The number of guanidine groups is 1. The van der Waals surface area contributed by atoms with E-state index in [2.05, 4.69) is 44.9 Å². The number of hydrazine groups is 1. The zero-order chi connectivity index (χ0) is 29.0. The lowest BCUT2D eigenvalue weighted by Gasteiger charge is -2.64. The summed E-state index contributed by atoms with van der Waals surface area (Å²) in [6.45, 7) is 11.4. The molecule has 12 nitrogen and oxygen atoms in total. The number of nitrogens with zero attached hydrogens (tertiary/aromatic N) is 2. The molecule has 1 aliphatic heterocycles. The van der Waals surface area contributed by atoms with Crippen LogP contribution in [-0.4, -0.2) is 67.7 Å². The van der Waals surface area contributed by atoms with Gasteiger partial charge in [-0.3, -0.25) is 9.59 Å². The molecule has 6 atom stereocenters. The number of nitrogens with one attached hydrogen (secondary N) is 2. The van der Waals surface area contributed by atoms with Crippen LogP contribution in [0, 0.1) is 39.2 Å². The summed E-state index contributed by atoms with van der Waals surface area (Å²) >= 11 is 0. The minimum atomic E-state index is -0.785. The van der Waals surface area contributed by atoms with Gasteiger partial charge in [0.2, 0.25) is 5.91 Å². The molecular formula is C26H46BN5O7. The Morgan fingerprint density at radius 1 is 1.28 bits per heavy atom. The van der Waals surface area contributed by atoms with Crippen molar-refractivity contribution in [3.8, 4) is 0 Å². The van der Waals surface area contributed by atoms with Gasteiger partial charge in [0.25, 0.3) is 5.96 Å². The van der Waals surface area contributed by atoms with Gasteiger partial charge in [-0.2, -0.15) is 0 Å². The lowest BCUT2D eigenvalue weighted by Crippen LogP contribution is -2.65. The van der Waals surface area contributed by atoms with Crippen molar-refractivity contribution >= 4 is 24.8 Å². The molecule has 4 aliphatic rings. The Bertz CT molecular complexity index is 932. The molecule has 0 spiro atoms. The first-order chi connectivity index (χ1) is 18.3. The van der Waals surface area contributed by atoms with Crippen LogP contribution >= 0.6 is 0 Å². The fourth-order valence-electron chi connectivity index (χ4n) is 6.70. The average molecular weight is 551 g/mol. The van der Waals surface area contributed by atoms with Gasteiger partial charge >= 0.3 is 7.12 Å². The topological polar surface area (TPSA) is 167 Å². The summed E-state index contributed by atoms with van der Waals surface area (Å²) in [6.07, 6.45) is 3.89. The van der Waals surface area contributed by atoms with Crippen molar-refractivity contribution in [1.29, 1.82) is 0 Å². The van der Waals surface area contributed by atoms with Crippen LogP contribution in [0.25, 0.3) is 0 Å². The number of rotatable bonds is 15. The zero-order valence-corrected chi connectivity index (χ0v) is 24.2. The highest BCUT2D eigenvalue weighted by Gasteiger charge is 2.68. The van der Waals surface area contributed by atoms with Crippen molar-refractivity contribution in [2.75, 3.05) is 20.3 Å². The lowest BCUT2D eigenvalue weighted by molar-refractivity contribution is -0.525. The van der Waals surface area contributed by atoms with Gasteiger partial charge in [-0.1, -0.05) is 33.1 Å². The van der Waals surface area contributed by atoms with Crippen molar-refractivity contribution < 1.29 is 28.7 Å². The second-order valence-electron chi connectivity index (χ2n) is 12.5. The van der Waals surface area contributed by atoms with Crippen LogP contribution in [0.15, 0.2) is 4.99 Å². The van der Waals surface area contributed by atoms with E-state index in [1.807, 2.05) is 0 Å². The standard InChI is InChI=1S/C26H46BN5O7/c1-16(2)12-22(27-38-21-15-18-14-20(25(18,3)4)26(21,5)39-27)30-23(34)17(13-19(33)9-11-37-6)8-7-10-29-24(28)31-32(35)36/h16-18,20-22H,7-15H2,1-6H3,(H,30,34)(H3,28,29,31)/t17-,18+,20+,21-,22+,26+/m1/s1. The number of Topliss-reactive ketones (excluding diaryl/α,β-unsaturated/α-hetero) is 1. The number of carbonyl (C=O) groups is 2. The maximum absolute atomic E-state index is 13.6. The number of hydrogen-bond acceptors (Lipinski definition) is 8. The van der Waals surface area contributed by atoms with Gasteiger partial charge in [-0.25, -0.2) is 15.1 Å². The molecule has 0 aromatic carbocycles. The van der Waals surface area contributed by atoms with E-state index in [1.165, 1.54) is 7.11 Å². The Morgan fingerprint density at radius 2 is 2.00 bits per heavy atom. The minimum absolute atomic E-state index is 0.00773. The first-order valence-electron chi connectivity index (χ1n) is 14.1. The predicted molar refractivity (Wildman–Crippen MR) is 147 cm³/mol. The molecule has 2 bridgehead atoms. The highest BCUT2D eigenvalue weighted by molar-refractivity contribution is 6.47. The molecule has 0 unspecified atom stereocenters. The van der Waals surface area contributed by atoms with Crippen molar-refractivity contribution in [3.63, 3.8) is 0 Å². The summed E-state index contributed by atoms with van der Waals surface area (Å²) in [5.41, 5.74) is 7.11. The number of hydrogen-bond donors (Lipinski definition) is 3. The van der Waals surface area contributed by atoms with E-state index in [9.17, 15) is 19.7 Å². The minimum Gasteiger partial charge on any atom is -0.404 e. The maximum atomic E-state index is 13.6. The highest BCUT2D eigenvalue weighted by Crippen LogP contribution is 2.65. The van der Waals surface area contributed by atoms with Gasteiger partial charge in [-0.05, 0) is 62.2 Å². The summed E-state index contributed by atoms with van der Waals surface area (Å²) in [5.74, 6) is -0.214. The third-order valence-electron chi connectivity index (χ3n) is 8.98. The van der Waals surface area contributed by atoms with Crippen LogP contribution in [-0.2, 0) is 23.6 Å². The van der Waals surface area contributed by atoms with Crippen molar-refractivity contribution in [2.45, 2.75) is 97.2 Å². The SMILES string of the molecule is COCCC(=O)C[C@@H](CCCN=C(N)N[N+](=O)[O-])C(=O)N[C@@H](CC(C)C)B1O[C@@H]2C[C@@H]3C[C@@H](C3(C)C)[C@]2(C)O1. The fraction of sp³-hybridized carbons (Fsp3) is 0.885. The maximum Gasteiger partial charge on any atom is 0.481 e. The van der Waals surface area contributed by atoms with E-state index in [1.54, 1.807) is 5.43 Å². The number of ketones is 1. The molecule has 39 heavy (non-hydrogen) atoms. The molecule has 1 saturated heterocycles. The number of aliphatic imine (C=N–C) groups is 1. The number of ether oxygens (including phenoxy) is 1. The molecule has 13 heteroatoms. The normalized spacial score (nSPS) is 28.8. The smallest absolute Gasteiger partial charge is 0.404 e. The Hall–Kier alpha value is -2.25. The molecule has 4 rings (SSSR count). The number of methoxy groups -OCH3 is 1. The Morgan fingerprint density at radius 3 is 2.62 bits per heavy atom. The second-order valence-corrected chi connectivity index (χ2v) is 12.5. The molecule has 1 amide bonds. The van der Waals surface area contributed by atoms with Gasteiger partial charge in [0.05, 0.1) is 24.3 Å². The lowest BCUT2D eigenvalue weighted by atomic mass is 9.43. The molecule has 4 fully saturated rings. The number of nitrogens with two attached hydrogens (primary N) is 1. The van der Waals surface area contributed by atoms with Gasteiger partial charge in [0.15, 0.2) is 5.03 Å². The number of nitro groups is 1. The van der Waals surface area contributed by atoms with E-state index in [-0.39, 0.29) is 66.0 Å². The van der Waals surface area contributed by atoms with Crippen LogP contribution in [0.5, 0.6) is 0 Å².